The molecule has 0 bridgehead atoms. The number of carbonyl (C=O) groups excluding carboxylic acids is 1. The average Bonchev–Trinajstić information content (AvgIpc) is 2.77. The highest BCUT2D eigenvalue weighted by Gasteiger charge is 2.27. The van der Waals surface area contributed by atoms with Gasteiger partial charge in [-0.1, -0.05) is 13.0 Å². The van der Waals surface area contributed by atoms with Gasteiger partial charge >= 0.3 is 5.97 Å². The molecule has 1 heterocycles. The molecule has 0 saturated carbocycles. The van der Waals surface area contributed by atoms with Crippen molar-refractivity contribution in [2.75, 3.05) is 6.61 Å². The van der Waals surface area contributed by atoms with E-state index in [1.165, 1.54) is 5.56 Å². The van der Waals surface area contributed by atoms with E-state index in [4.69, 9.17) is 9.72 Å². The predicted octanol–water partition coefficient (Wildman–Crippen LogP) is 3.98. The van der Waals surface area contributed by atoms with Crippen molar-refractivity contribution in [2.45, 2.75) is 53.0 Å². The molecule has 1 atom stereocenters. The Balaban J connectivity index is 2.60. The van der Waals surface area contributed by atoms with E-state index >= 15 is 0 Å². The third kappa shape index (κ3) is 2.94. The summed E-state index contributed by atoms with van der Waals surface area (Å²) in [5.41, 5.74) is 3.20. The third-order valence-corrected chi connectivity index (χ3v) is 3.68. The molecule has 4 heteroatoms. The minimum atomic E-state index is -0.306. The quantitative estimate of drug-likeness (QED) is 0.782. The van der Waals surface area contributed by atoms with Gasteiger partial charge in [-0.05, 0) is 51.8 Å². The van der Waals surface area contributed by atoms with E-state index in [1.54, 1.807) is 0 Å². The molecule has 0 fully saturated rings. The summed E-state index contributed by atoms with van der Waals surface area (Å²) in [5, 5.41) is 0. The van der Waals surface area contributed by atoms with Crippen LogP contribution in [-0.4, -0.2) is 22.1 Å². The van der Waals surface area contributed by atoms with E-state index in [-0.39, 0.29) is 17.9 Å². The lowest BCUT2D eigenvalue weighted by Gasteiger charge is -2.18. The first-order valence-electron chi connectivity index (χ1n) is 7.64. The fourth-order valence-electron chi connectivity index (χ4n) is 2.71. The summed E-state index contributed by atoms with van der Waals surface area (Å²) in [4.78, 5) is 16.9. The Kier molecular flexibility index (Phi) is 4.66. The van der Waals surface area contributed by atoms with Crippen LogP contribution in [0.5, 0.6) is 0 Å². The second-order valence-electron chi connectivity index (χ2n) is 5.64. The minimum Gasteiger partial charge on any atom is -0.465 e. The number of benzene rings is 1. The van der Waals surface area contributed by atoms with Crippen molar-refractivity contribution >= 4 is 17.0 Å². The van der Waals surface area contributed by atoms with Gasteiger partial charge in [0.05, 0.1) is 17.6 Å². The first-order chi connectivity index (χ1) is 9.99. The summed E-state index contributed by atoms with van der Waals surface area (Å²) < 4.78 is 7.36. The lowest BCUT2D eigenvalue weighted by atomic mass is 10.1. The van der Waals surface area contributed by atoms with Gasteiger partial charge in [-0.3, -0.25) is 4.79 Å². The minimum absolute atomic E-state index is 0.186. The standard InChI is InChI=1S/C17H24N2O2/c1-6-13(17(20)21-7-2)16-18-14-10-12(5)8-9-15(14)19(16)11(3)4/h8-11,13H,6-7H2,1-5H3. The Morgan fingerprint density at radius 1 is 1.33 bits per heavy atom. The molecular weight excluding hydrogens is 264 g/mol. The number of fused-ring (bicyclic) bond motifs is 1. The molecule has 0 amide bonds. The maximum absolute atomic E-state index is 12.2. The van der Waals surface area contributed by atoms with Crippen LogP contribution in [-0.2, 0) is 9.53 Å². The molecule has 0 aliphatic heterocycles. The van der Waals surface area contributed by atoms with Gasteiger partial charge in [-0.15, -0.1) is 0 Å². The van der Waals surface area contributed by atoms with Crippen molar-refractivity contribution in [1.82, 2.24) is 9.55 Å². The van der Waals surface area contributed by atoms with Gasteiger partial charge in [0, 0.05) is 6.04 Å². The Hall–Kier alpha value is -1.84. The van der Waals surface area contributed by atoms with Gasteiger partial charge in [0.15, 0.2) is 0 Å². The molecule has 1 aromatic carbocycles. The number of carbonyl (C=O) groups is 1. The topological polar surface area (TPSA) is 44.1 Å². The zero-order valence-electron chi connectivity index (χ0n) is 13.5. The number of aryl methyl sites for hydroxylation is 1. The van der Waals surface area contributed by atoms with Crippen LogP contribution in [0.4, 0.5) is 0 Å². The van der Waals surface area contributed by atoms with Crippen LogP contribution in [0, 0.1) is 6.92 Å². The van der Waals surface area contributed by atoms with E-state index in [0.29, 0.717) is 13.0 Å². The summed E-state index contributed by atoms with van der Waals surface area (Å²) in [6.45, 7) is 10.5. The molecule has 1 unspecified atom stereocenters. The normalized spacial score (nSPS) is 12.9. The van der Waals surface area contributed by atoms with E-state index < -0.39 is 0 Å². The largest absolute Gasteiger partial charge is 0.465 e. The van der Waals surface area contributed by atoms with Crippen LogP contribution in [0.15, 0.2) is 18.2 Å². The number of hydrogen-bond donors (Lipinski definition) is 0. The number of hydrogen-bond acceptors (Lipinski definition) is 3. The highest BCUT2D eigenvalue weighted by molar-refractivity contribution is 5.81. The van der Waals surface area contributed by atoms with Gasteiger partial charge in [0.2, 0.25) is 0 Å². The molecule has 0 aliphatic carbocycles. The Labute approximate surface area is 126 Å². The Morgan fingerprint density at radius 2 is 2.05 bits per heavy atom. The lowest BCUT2D eigenvalue weighted by Crippen LogP contribution is -2.20. The molecule has 0 spiro atoms. The summed E-state index contributed by atoms with van der Waals surface area (Å²) in [5.74, 6) is 0.320. The van der Waals surface area contributed by atoms with Gasteiger partial charge < -0.3 is 9.30 Å². The summed E-state index contributed by atoms with van der Waals surface area (Å²) in [7, 11) is 0. The molecule has 0 N–H and O–H groups in total. The smallest absolute Gasteiger partial charge is 0.316 e. The van der Waals surface area contributed by atoms with E-state index in [1.807, 2.05) is 13.8 Å². The van der Waals surface area contributed by atoms with Crippen LogP contribution in [0.1, 0.15) is 57.5 Å². The summed E-state index contributed by atoms with van der Waals surface area (Å²) >= 11 is 0. The van der Waals surface area contributed by atoms with Crippen molar-refractivity contribution in [2.24, 2.45) is 0 Å². The van der Waals surface area contributed by atoms with Gasteiger partial charge in [-0.2, -0.15) is 0 Å². The number of rotatable bonds is 5. The maximum atomic E-state index is 12.2. The maximum Gasteiger partial charge on any atom is 0.316 e. The fourth-order valence-corrected chi connectivity index (χ4v) is 2.71. The molecular formula is C17H24N2O2. The van der Waals surface area contributed by atoms with Crippen LogP contribution in [0.3, 0.4) is 0 Å². The molecule has 2 aromatic rings. The molecule has 21 heavy (non-hydrogen) atoms. The third-order valence-electron chi connectivity index (χ3n) is 3.68. The van der Waals surface area contributed by atoms with Crippen molar-refractivity contribution < 1.29 is 9.53 Å². The van der Waals surface area contributed by atoms with Crippen LogP contribution < -0.4 is 0 Å². The van der Waals surface area contributed by atoms with Gasteiger partial charge in [0.25, 0.3) is 0 Å². The first-order valence-corrected chi connectivity index (χ1v) is 7.64. The van der Waals surface area contributed by atoms with Crippen LogP contribution in [0.25, 0.3) is 11.0 Å². The fraction of sp³-hybridized carbons (Fsp3) is 0.529. The van der Waals surface area contributed by atoms with Crippen molar-refractivity contribution in [3.05, 3.63) is 29.6 Å². The lowest BCUT2D eigenvalue weighted by molar-refractivity contribution is -0.145. The SMILES string of the molecule is CCOC(=O)C(CC)c1nc2cc(C)ccc2n1C(C)C. The molecule has 0 radical (unpaired) electrons. The molecule has 114 valence electrons. The number of ether oxygens (including phenoxy) is 1. The monoisotopic (exact) mass is 288 g/mol. The van der Waals surface area contributed by atoms with Gasteiger partial charge in [-0.25, -0.2) is 4.98 Å². The second-order valence-corrected chi connectivity index (χ2v) is 5.64. The van der Waals surface area contributed by atoms with E-state index in [0.717, 1.165) is 16.9 Å². The number of nitrogens with zero attached hydrogens (tertiary/aromatic N) is 2. The molecule has 0 saturated heterocycles. The molecule has 2 rings (SSSR count). The van der Waals surface area contributed by atoms with Gasteiger partial charge in [0.1, 0.15) is 11.7 Å². The molecule has 1 aromatic heterocycles. The zero-order valence-corrected chi connectivity index (χ0v) is 13.5. The van der Waals surface area contributed by atoms with Crippen molar-refractivity contribution in [3.8, 4) is 0 Å². The first kappa shape index (κ1) is 15.5. The van der Waals surface area contributed by atoms with Crippen molar-refractivity contribution in [3.63, 3.8) is 0 Å². The number of imidazole rings is 1. The highest BCUT2D eigenvalue weighted by Crippen LogP contribution is 2.29. The molecule has 0 aliphatic rings. The zero-order chi connectivity index (χ0) is 15.6. The summed E-state index contributed by atoms with van der Waals surface area (Å²) in [6, 6.07) is 6.48. The number of aromatic nitrogens is 2. The Morgan fingerprint density at radius 3 is 2.62 bits per heavy atom. The summed E-state index contributed by atoms with van der Waals surface area (Å²) in [6.07, 6.45) is 0.688. The average molecular weight is 288 g/mol. The highest BCUT2D eigenvalue weighted by atomic mass is 16.5. The second kappa shape index (κ2) is 6.29. The van der Waals surface area contributed by atoms with Crippen molar-refractivity contribution in [1.29, 1.82) is 0 Å². The number of esters is 1. The Bertz CT molecular complexity index is 644. The van der Waals surface area contributed by atoms with Crippen LogP contribution in [0.2, 0.25) is 0 Å². The van der Waals surface area contributed by atoms with E-state index in [2.05, 4.69) is 43.5 Å². The molecule has 4 nitrogen and oxygen atoms in total. The van der Waals surface area contributed by atoms with Crippen LogP contribution >= 0.6 is 0 Å². The predicted molar refractivity (Wildman–Crippen MR) is 84.5 cm³/mol. The van der Waals surface area contributed by atoms with E-state index in [9.17, 15) is 4.79 Å².